The van der Waals surface area contributed by atoms with E-state index in [1.165, 1.54) is 18.2 Å². The lowest BCUT2D eigenvalue weighted by atomic mass is 10.1. The molecule has 0 atom stereocenters. The molecule has 0 aliphatic carbocycles. The average molecular weight is 254 g/mol. The van der Waals surface area contributed by atoms with E-state index in [4.69, 9.17) is 5.26 Å². The Kier molecular flexibility index (Phi) is 3.82. The van der Waals surface area contributed by atoms with Crippen LogP contribution in [-0.2, 0) is 6.54 Å². The molecule has 0 amide bonds. The fourth-order valence-electron chi connectivity index (χ4n) is 2.09. The third kappa shape index (κ3) is 2.92. The van der Waals surface area contributed by atoms with Crippen molar-refractivity contribution in [3.8, 4) is 6.07 Å². The molecule has 0 saturated heterocycles. The van der Waals surface area contributed by atoms with E-state index in [-0.39, 0.29) is 5.82 Å². The number of aryl methyl sites for hydroxylation is 2. The molecule has 0 heterocycles. The van der Waals surface area contributed by atoms with E-state index in [2.05, 4.69) is 11.4 Å². The molecule has 2 rings (SSSR count). The molecule has 2 nitrogen and oxygen atoms in total. The summed E-state index contributed by atoms with van der Waals surface area (Å²) in [6.45, 7) is 4.48. The van der Waals surface area contributed by atoms with Crippen LogP contribution >= 0.6 is 0 Å². The molecule has 0 aliphatic rings. The zero-order chi connectivity index (χ0) is 13.8. The standard InChI is InChI=1S/C16H15FN2/c1-11-4-3-5-12(2)16(11)19-10-14-8-15(17)7-6-13(14)9-18/h3-8,19H,10H2,1-2H3. The minimum absolute atomic E-state index is 0.322. The van der Waals surface area contributed by atoms with E-state index in [9.17, 15) is 4.39 Å². The summed E-state index contributed by atoms with van der Waals surface area (Å²) in [6.07, 6.45) is 0. The van der Waals surface area contributed by atoms with Crippen LogP contribution in [0.1, 0.15) is 22.3 Å². The van der Waals surface area contributed by atoms with Gasteiger partial charge in [-0.15, -0.1) is 0 Å². The second-order valence-electron chi connectivity index (χ2n) is 4.53. The van der Waals surface area contributed by atoms with E-state index in [0.29, 0.717) is 17.7 Å². The van der Waals surface area contributed by atoms with Gasteiger partial charge in [0, 0.05) is 12.2 Å². The number of halogens is 1. The second-order valence-corrected chi connectivity index (χ2v) is 4.53. The van der Waals surface area contributed by atoms with E-state index < -0.39 is 0 Å². The Balaban J connectivity index is 2.24. The summed E-state index contributed by atoms with van der Waals surface area (Å²) in [4.78, 5) is 0. The quantitative estimate of drug-likeness (QED) is 0.900. The summed E-state index contributed by atoms with van der Waals surface area (Å²) in [5.41, 5.74) is 4.48. The summed E-state index contributed by atoms with van der Waals surface area (Å²) in [5, 5.41) is 12.3. The molecule has 0 unspecified atom stereocenters. The second kappa shape index (κ2) is 5.53. The Bertz CT molecular complexity index is 621. The smallest absolute Gasteiger partial charge is 0.123 e. The van der Waals surface area contributed by atoms with Crippen LogP contribution in [0.5, 0.6) is 0 Å². The Morgan fingerprint density at radius 1 is 1.16 bits per heavy atom. The molecule has 3 heteroatoms. The van der Waals surface area contributed by atoms with Gasteiger partial charge in [-0.25, -0.2) is 4.39 Å². The van der Waals surface area contributed by atoms with Crippen LogP contribution in [0.2, 0.25) is 0 Å². The largest absolute Gasteiger partial charge is 0.380 e. The van der Waals surface area contributed by atoms with Gasteiger partial charge in [-0.3, -0.25) is 0 Å². The molecule has 0 spiro atoms. The Labute approximate surface area is 112 Å². The van der Waals surface area contributed by atoms with E-state index in [1.807, 2.05) is 32.0 Å². The van der Waals surface area contributed by atoms with Crippen molar-refractivity contribution in [2.75, 3.05) is 5.32 Å². The Morgan fingerprint density at radius 2 is 1.84 bits per heavy atom. The highest BCUT2D eigenvalue weighted by atomic mass is 19.1. The van der Waals surface area contributed by atoms with Crippen LogP contribution in [-0.4, -0.2) is 0 Å². The maximum Gasteiger partial charge on any atom is 0.123 e. The molecular weight excluding hydrogens is 239 g/mol. The number of nitrogens with zero attached hydrogens (tertiary/aromatic N) is 1. The molecule has 2 aromatic carbocycles. The predicted octanol–water partition coefficient (Wildman–Crippen LogP) is 3.93. The Hall–Kier alpha value is -2.34. The molecule has 1 N–H and O–H groups in total. The lowest BCUT2D eigenvalue weighted by Gasteiger charge is -2.13. The van der Waals surface area contributed by atoms with Crippen LogP contribution in [0.4, 0.5) is 10.1 Å². The predicted molar refractivity (Wildman–Crippen MR) is 74.4 cm³/mol. The highest BCUT2D eigenvalue weighted by Gasteiger charge is 2.06. The van der Waals surface area contributed by atoms with Gasteiger partial charge in [0.05, 0.1) is 11.6 Å². The molecule has 96 valence electrons. The molecule has 19 heavy (non-hydrogen) atoms. The third-order valence-corrected chi connectivity index (χ3v) is 3.12. The van der Waals surface area contributed by atoms with Gasteiger partial charge in [-0.1, -0.05) is 18.2 Å². The molecule has 0 aliphatic heterocycles. The van der Waals surface area contributed by atoms with Gasteiger partial charge in [0.2, 0.25) is 0 Å². The van der Waals surface area contributed by atoms with Crippen molar-refractivity contribution in [3.05, 3.63) is 64.5 Å². The summed E-state index contributed by atoms with van der Waals surface area (Å²) in [5.74, 6) is -0.322. The van der Waals surface area contributed by atoms with Crippen LogP contribution in [0.3, 0.4) is 0 Å². The molecule has 0 aromatic heterocycles. The molecule has 2 aromatic rings. The van der Waals surface area contributed by atoms with Crippen molar-refractivity contribution >= 4 is 5.69 Å². The first kappa shape index (κ1) is 13.1. The van der Waals surface area contributed by atoms with Gasteiger partial charge < -0.3 is 5.32 Å². The van der Waals surface area contributed by atoms with E-state index >= 15 is 0 Å². The van der Waals surface area contributed by atoms with Crippen molar-refractivity contribution in [1.29, 1.82) is 5.26 Å². The fraction of sp³-hybridized carbons (Fsp3) is 0.188. The maximum absolute atomic E-state index is 13.2. The van der Waals surface area contributed by atoms with Crippen molar-refractivity contribution in [3.63, 3.8) is 0 Å². The number of hydrogen-bond acceptors (Lipinski definition) is 2. The number of nitrogens with one attached hydrogen (secondary N) is 1. The normalized spacial score (nSPS) is 10.0. The van der Waals surface area contributed by atoms with E-state index in [0.717, 1.165) is 16.8 Å². The number of anilines is 1. The minimum Gasteiger partial charge on any atom is -0.380 e. The van der Waals surface area contributed by atoms with Crippen LogP contribution in [0.25, 0.3) is 0 Å². The molecule has 0 saturated carbocycles. The topological polar surface area (TPSA) is 35.8 Å². The van der Waals surface area contributed by atoms with Crippen molar-refractivity contribution in [2.24, 2.45) is 0 Å². The van der Waals surface area contributed by atoms with Crippen LogP contribution in [0.15, 0.2) is 36.4 Å². The van der Waals surface area contributed by atoms with Gasteiger partial charge in [-0.2, -0.15) is 5.26 Å². The zero-order valence-electron chi connectivity index (χ0n) is 11.0. The monoisotopic (exact) mass is 254 g/mol. The molecule has 0 radical (unpaired) electrons. The first-order valence-corrected chi connectivity index (χ1v) is 6.10. The van der Waals surface area contributed by atoms with Crippen LogP contribution in [0, 0.1) is 31.0 Å². The van der Waals surface area contributed by atoms with Gasteiger partial charge in [0.1, 0.15) is 5.82 Å². The maximum atomic E-state index is 13.2. The van der Waals surface area contributed by atoms with E-state index in [1.54, 1.807) is 0 Å². The zero-order valence-corrected chi connectivity index (χ0v) is 11.0. The van der Waals surface area contributed by atoms with Crippen molar-refractivity contribution in [1.82, 2.24) is 0 Å². The van der Waals surface area contributed by atoms with Gasteiger partial charge >= 0.3 is 0 Å². The molecule has 0 bridgehead atoms. The third-order valence-electron chi connectivity index (χ3n) is 3.12. The number of para-hydroxylation sites is 1. The molecular formula is C16H15FN2. The first-order chi connectivity index (χ1) is 9.11. The highest BCUT2D eigenvalue weighted by molar-refractivity contribution is 5.57. The first-order valence-electron chi connectivity index (χ1n) is 6.10. The Morgan fingerprint density at radius 3 is 2.47 bits per heavy atom. The number of nitriles is 1. The molecule has 0 fully saturated rings. The van der Waals surface area contributed by atoms with Crippen LogP contribution < -0.4 is 5.32 Å². The summed E-state index contributed by atoms with van der Waals surface area (Å²) < 4.78 is 13.2. The van der Waals surface area contributed by atoms with Gasteiger partial charge in [-0.05, 0) is 48.7 Å². The highest BCUT2D eigenvalue weighted by Crippen LogP contribution is 2.21. The van der Waals surface area contributed by atoms with Crippen molar-refractivity contribution < 1.29 is 4.39 Å². The summed E-state index contributed by atoms with van der Waals surface area (Å²) in [6, 6.07) is 12.3. The SMILES string of the molecule is Cc1cccc(C)c1NCc1cc(F)ccc1C#N. The van der Waals surface area contributed by atoms with Gasteiger partial charge in [0.15, 0.2) is 0 Å². The lowest BCUT2D eigenvalue weighted by Crippen LogP contribution is -2.05. The number of rotatable bonds is 3. The van der Waals surface area contributed by atoms with Crippen molar-refractivity contribution in [2.45, 2.75) is 20.4 Å². The summed E-state index contributed by atoms with van der Waals surface area (Å²) in [7, 11) is 0. The number of hydrogen-bond donors (Lipinski definition) is 1. The average Bonchev–Trinajstić information content (AvgIpc) is 2.38. The fourth-order valence-corrected chi connectivity index (χ4v) is 2.09. The number of benzene rings is 2. The minimum atomic E-state index is -0.322. The lowest BCUT2D eigenvalue weighted by molar-refractivity contribution is 0.625. The van der Waals surface area contributed by atoms with Gasteiger partial charge in [0.25, 0.3) is 0 Å². The summed E-state index contributed by atoms with van der Waals surface area (Å²) >= 11 is 0.